The standard InChI is InChI=1S/C24H21F3N4O2/c1-4-5-15-8-17(13-28-11-15)20-10-21(32)31-22(30-20)18-9-16(12-29-23(33)14(2)3)6-7-19(18)24(25,26)27/h6-11,13-14H,12H2,1-3H3,(H,29,33)(H,30,31,32). The van der Waals surface area contributed by atoms with Gasteiger partial charge in [0.15, 0.2) is 0 Å². The fourth-order valence-electron chi connectivity index (χ4n) is 3.06. The lowest BCUT2D eigenvalue weighted by Gasteiger charge is -2.15. The maximum absolute atomic E-state index is 13.7. The van der Waals surface area contributed by atoms with Crippen LogP contribution in [0.5, 0.6) is 0 Å². The molecule has 2 N–H and O–H groups in total. The number of rotatable bonds is 5. The van der Waals surface area contributed by atoms with Crippen molar-refractivity contribution in [3.63, 3.8) is 0 Å². The molecular weight excluding hydrogens is 433 g/mol. The first-order chi connectivity index (χ1) is 15.6. The van der Waals surface area contributed by atoms with Gasteiger partial charge in [-0.3, -0.25) is 14.6 Å². The maximum atomic E-state index is 13.7. The lowest BCUT2D eigenvalue weighted by molar-refractivity contribution is -0.137. The summed E-state index contributed by atoms with van der Waals surface area (Å²) in [7, 11) is 0. The van der Waals surface area contributed by atoms with Crippen LogP contribution < -0.4 is 10.9 Å². The van der Waals surface area contributed by atoms with Gasteiger partial charge in [0, 0.05) is 47.6 Å². The van der Waals surface area contributed by atoms with Crippen molar-refractivity contribution in [3.05, 3.63) is 69.8 Å². The van der Waals surface area contributed by atoms with Crippen molar-refractivity contribution in [2.75, 3.05) is 0 Å². The van der Waals surface area contributed by atoms with Gasteiger partial charge in [0.1, 0.15) is 5.82 Å². The second-order valence-electron chi connectivity index (χ2n) is 7.57. The molecule has 0 bridgehead atoms. The third-order valence-electron chi connectivity index (χ3n) is 4.68. The van der Waals surface area contributed by atoms with Crippen LogP contribution in [0.15, 0.2) is 47.5 Å². The number of nitrogens with zero attached hydrogens (tertiary/aromatic N) is 2. The SMILES string of the molecule is CC#Cc1cncc(-c2cc(=O)[nH]c(-c3cc(CNC(=O)C(C)C)ccc3C(F)(F)F)n2)c1. The van der Waals surface area contributed by atoms with Crippen LogP contribution in [0.2, 0.25) is 0 Å². The van der Waals surface area contributed by atoms with Gasteiger partial charge in [-0.25, -0.2) is 4.98 Å². The van der Waals surface area contributed by atoms with Gasteiger partial charge >= 0.3 is 6.18 Å². The highest BCUT2D eigenvalue weighted by Crippen LogP contribution is 2.36. The molecule has 3 aromatic rings. The van der Waals surface area contributed by atoms with Crippen molar-refractivity contribution in [2.24, 2.45) is 5.92 Å². The van der Waals surface area contributed by atoms with Gasteiger partial charge in [-0.05, 0) is 30.7 Å². The van der Waals surface area contributed by atoms with E-state index in [0.717, 1.165) is 6.07 Å². The Balaban J connectivity index is 2.11. The topological polar surface area (TPSA) is 87.7 Å². The Morgan fingerprint density at radius 2 is 1.94 bits per heavy atom. The normalized spacial score (nSPS) is 11.1. The van der Waals surface area contributed by atoms with E-state index in [9.17, 15) is 22.8 Å². The summed E-state index contributed by atoms with van der Waals surface area (Å²) < 4.78 is 41.2. The van der Waals surface area contributed by atoms with E-state index in [1.54, 1.807) is 26.8 Å². The minimum Gasteiger partial charge on any atom is -0.352 e. The minimum atomic E-state index is -4.68. The number of carbonyl (C=O) groups is 1. The van der Waals surface area contributed by atoms with Crippen molar-refractivity contribution in [1.82, 2.24) is 20.3 Å². The summed E-state index contributed by atoms with van der Waals surface area (Å²) in [6.45, 7) is 5.12. The average Bonchev–Trinajstić information content (AvgIpc) is 2.76. The molecule has 0 aliphatic heterocycles. The molecule has 33 heavy (non-hydrogen) atoms. The molecule has 1 amide bonds. The van der Waals surface area contributed by atoms with Crippen LogP contribution in [0.25, 0.3) is 22.6 Å². The fourth-order valence-corrected chi connectivity index (χ4v) is 3.06. The quantitative estimate of drug-likeness (QED) is 0.567. The third kappa shape index (κ3) is 5.86. The largest absolute Gasteiger partial charge is 0.417 e. The highest BCUT2D eigenvalue weighted by molar-refractivity contribution is 5.78. The van der Waals surface area contributed by atoms with Crippen molar-refractivity contribution < 1.29 is 18.0 Å². The number of pyridine rings is 1. The summed E-state index contributed by atoms with van der Waals surface area (Å²) in [6.07, 6.45) is -1.69. The van der Waals surface area contributed by atoms with Crippen molar-refractivity contribution in [2.45, 2.75) is 33.5 Å². The van der Waals surface area contributed by atoms with Crippen molar-refractivity contribution >= 4 is 5.91 Å². The van der Waals surface area contributed by atoms with Crippen molar-refractivity contribution in [1.29, 1.82) is 0 Å². The summed E-state index contributed by atoms with van der Waals surface area (Å²) in [6, 6.07) is 6.30. The van der Waals surface area contributed by atoms with Crippen LogP contribution in [0.3, 0.4) is 0 Å². The van der Waals surface area contributed by atoms with Gasteiger partial charge in [0.05, 0.1) is 11.3 Å². The molecule has 0 unspecified atom stereocenters. The Morgan fingerprint density at radius 1 is 1.18 bits per heavy atom. The zero-order valence-corrected chi connectivity index (χ0v) is 18.2. The molecule has 0 saturated carbocycles. The number of aromatic amines is 1. The molecule has 0 radical (unpaired) electrons. The van der Waals surface area contributed by atoms with Gasteiger partial charge in [-0.1, -0.05) is 25.8 Å². The molecule has 0 saturated heterocycles. The number of aromatic nitrogens is 3. The van der Waals surface area contributed by atoms with E-state index >= 15 is 0 Å². The zero-order chi connectivity index (χ0) is 24.2. The fraction of sp³-hybridized carbons (Fsp3) is 0.250. The predicted octanol–water partition coefficient (Wildman–Crippen LogP) is 4.16. The molecular formula is C24H21F3N4O2. The first-order valence-electron chi connectivity index (χ1n) is 10.1. The number of benzene rings is 1. The third-order valence-corrected chi connectivity index (χ3v) is 4.68. The lowest BCUT2D eigenvalue weighted by atomic mass is 10.0. The van der Waals surface area contributed by atoms with Gasteiger partial charge in [-0.2, -0.15) is 13.2 Å². The van der Waals surface area contributed by atoms with E-state index in [1.165, 1.54) is 30.6 Å². The van der Waals surface area contributed by atoms with Crippen LogP contribution in [-0.4, -0.2) is 20.9 Å². The van der Waals surface area contributed by atoms with Crippen LogP contribution in [0.1, 0.15) is 37.5 Å². The van der Waals surface area contributed by atoms with E-state index in [0.29, 0.717) is 16.7 Å². The van der Waals surface area contributed by atoms with Gasteiger partial charge < -0.3 is 10.3 Å². The van der Waals surface area contributed by atoms with Crippen LogP contribution >= 0.6 is 0 Å². The van der Waals surface area contributed by atoms with Gasteiger partial charge in [0.25, 0.3) is 5.56 Å². The van der Waals surface area contributed by atoms with Gasteiger partial charge in [-0.15, -0.1) is 5.92 Å². The van der Waals surface area contributed by atoms with E-state index in [-0.39, 0.29) is 35.5 Å². The number of H-pyrrole nitrogens is 1. The molecule has 1 aromatic carbocycles. The maximum Gasteiger partial charge on any atom is 0.417 e. The number of hydrogen-bond donors (Lipinski definition) is 2. The zero-order valence-electron chi connectivity index (χ0n) is 18.2. The summed E-state index contributed by atoms with van der Waals surface area (Å²) in [5.74, 6) is 4.83. The number of hydrogen-bond acceptors (Lipinski definition) is 4. The van der Waals surface area contributed by atoms with Gasteiger partial charge in [0.2, 0.25) is 5.91 Å². The summed E-state index contributed by atoms with van der Waals surface area (Å²) in [5, 5.41) is 2.67. The molecule has 0 aliphatic rings. The van der Waals surface area contributed by atoms with E-state index in [2.05, 4.69) is 32.1 Å². The summed E-state index contributed by atoms with van der Waals surface area (Å²) >= 11 is 0. The lowest BCUT2D eigenvalue weighted by Crippen LogP contribution is -2.27. The molecule has 0 fully saturated rings. The van der Waals surface area contributed by atoms with E-state index in [4.69, 9.17) is 0 Å². The summed E-state index contributed by atoms with van der Waals surface area (Å²) in [5.41, 5.74) is -0.252. The smallest absolute Gasteiger partial charge is 0.352 e. The molecule has 2 heterocycles. The number of carbonyl (C=O) groups excluding carboxylic acids is 1. The van der Waals surface area contributed by atoms with E-state index in [1.807, 2.05) is 0 Å². The Bertz CT molecular complexity index is 1300. The molecule has 3 rings (SSSR count). The Hall–Kier alpha value is -3.93. The predicted molar refractivity (Wildman–Crippen MR) is 118 cm³/mol. The Labute approximate surface area is 188 Å². The van der Waals surface area contributed by atoms with Crippen LogP contribution in [0.4, 0.5) is 13.2 Å². The molecule has 6 nitrogen and oxygen atoms in total. The number of halogens is 3. The average molecular weight is 454 g/mol. The molecule has 170 valence electrons. The highest BCUT2D eigenvalue weighted by atomic mass is 19.4. The first-order valence-corrected chi connectivity index (χ1v) is 10.1. The number of alkyl halides is 3. The highest BCUT2D eigenvalue weighted by Gasteiger charge is 2.34. The molecule has 9 heteroatoms. The first kappa shape index (κ1) is 23.7. The molecule has 2 aromatic heterocycles. The number of amides is 1. The Morgan fingerprint density at radius 3 is 2.61 bits per heavy atom. The monoisotopic (exact) mass is 454 g/mol. The number of nitrogens with one attached hydrogen (secondary N) is 2. The van der Waals surface area contributed by atoms with Crippen LogP contribution in [0, 0.1) is 17.8 Å². The van der Waals surface area contributed by atoms with Crippen LogP contribution in [-0.2, 0) is 17.5 Å². The second-order valence-corrected chi connectivity index (χ2v) is 7.57. The van der Waals surface area contributed by atoms with Crippen molar-refractivity contribution in [3.8, 4) is 34.5 Å². The minimum absolute atomic E-state index is 0.0354. The summed E-state index contributed by atoms with van der Waals surface area (Å²) in [4.78, 5) is 34.9. The van der Waals surface area contributed by atoms with E-state index < -0.39 is 17.3 Å². The molecule has 0 aliphatic carbocycles. The Kier molecular flexibility index (Phi) is 6.97. The molecule has 0 atom stereocenters. The molecule has 0 spiro atoms. The second kappa shape index (κ2) is 9.69.